The molecule has 0 aromatic carbocycles. The zero-order valence-electron chi connectivity index (χ0n) is 20.1. The van der Waals surface area contributed by atoms with Crippen molar-refractivity contribution in [3.8, 4) is 0 Å². The molecule has 0 bridgehead atoms. The fraction of sp³-hybridized carbons (Fsp3) is 1.00. The van der Waals surface area contributed by atoms with Gasteiger partial charge in [0.2, 0.25) is 0 Å². The molecule has 1 aliphatic heterocycles. The lowest BCUT2D eigenvalue weighted by molar-refractivity contribution is 0.00777. The zero-order chi connectivity index (χ0) is 21.5. The summed E-state index contributed by atoms with van der Waals surface area (Å²) in [5.74, 6) is 0. The van der Waals surface area contributed by atoms with Crippen LogP contribution in [-0.4, -0.2) is 102 Å². The van der Waals surface area contributed by atoms with Gasteiger partial charge >= 0.3 is 0 Å². The standard InChI is InChI=1S/C24H50N2O4/c1-3-5-7-9-11-25-13-17-27-21-23-29-19-15-26(12-10-8-6-4-2)16-20-30-24-22-28-18-14-25/h3-24H2,1-2H3. The summed E-state index contributed by atoms with van der Waals surface area (Å²) in [7, 11) is 0. The first-order chi connectivity index (χ1) is 14.9. The van der Waals surface area contributed by atoms with E-state index in [1.807, 2.05) is 0 Å². The molecule has 1 saturated heterocycles. The topological polar surface area (TPSA) is 43.4 Å². The van der Waals surface area contributed by atoms with E-state index in [9.17, 15) is 0 Å². The Kier molecular flexibility index (Phi) is 20.4. The summed E-state index contributed by atoms with van der Waals surface area (Å²) in [5, 5.41) is 0. The Bertz CT molecular complexity index is 295. The van der Waals surface area contributed by atoms with Crippen LogP contribution < -0.4 is 0 Å². The summed E-state index contributed by atoms with van der Waals surface area (Å²) < 4.78 is 23.3. The van der Waals surface area contributed by atoms with Gasteiger partial charge in [-0.25, -0.2) is 0 Å². The average Bonchev–Trinajstić information content (AvgIpc) is 2.75. The maximum atomic E-state index is 5.81. The molecule has 0 N–H and O–H groups in total. The van der Waals surface area contributed by atoms with Crippen LogP contribution in [0.4, 0.5) is 0 Å². The van der Waals surface area contributed by atoms with E-state index in [0.717, 1.165) is 65.7 Å². The Morgan fingerprint density at radius 1 is 0.433 bits per heavy atom. The maximum Gasteiger partial charge on any atom is 0.0701 e. The normalized spacial score (nSPS) is 20.6. The Hall–Kier alpha value is -0.240. The van der Waals surface area contributed by atoms with E-state index in [0.29, 0.717) is 26.4 Å². The molecule has 0 aliphatic carbocycles. The lowest BCUT2D eigenvalue weighted by atomic mass is 10.2. The Morgan fingerprint density at radius 2 is 0.767 bits per heavy atom. The molecule has 0 amide bonds. The van der Waals surface area contributed by atoms with E-state index in [2.05, 4.69) is 23.6 Å². The van der Waals surface area contributed by atoms with Gasteiger partial charge < -0.3 is 18.9 Å². The van der Waals surface area contributed by atoms with Crippen LogP contribution in [-0.2, 0) is 18.9 Å². The van der Waals surface area contributed by atoms with Gasteiger partial charge in [-0.1, -0.05) is 52.4 Å². The molecule has 0 unspecified atom stereocenters. The largest absolute Gasteiger partial charge is 0.378 e. The number of unbranched alkanes of at least 4 members (excludes halogenated alkanes) is 6. The van der Waals surface area contributed by atoms with Crippen LogP contribution in [0.3, 0.4) is 0 Å². The molecule has 0 atom stereocenters. The fourth-order valence-corrected chi connectivity index (χ4v) is 3.61. The minimum atomic E-state index is 0.680. The van der Waals surface area contributed by atoms with Crippen LogP contribution in [0.25, 0.3) is 0 Å². The number of rotatable bonds is 10. The van der Waals surface area contributed by atoms with Crippen molar-refractivity contribution < 1.29 is 18.9 Å². The first kappa shape index (κ1) is 27.8. The third-order valence-electron chi connectivity index (χ3n) is 5.61. The number of nitrogens with zero attached hydrogens (tertiary/aromatic N) is 2. The van der Waals surface area contributed by atoms with Crippen molar-refractivity contribution in [2.45, 2.75) is 65.2 Å². The van der Waals surface area contributed by atoms with Crippen LogP contribution in [0.5, 0.6) is 0 Å². The van der Waals surface area contributed by atoms with Crippen molar-refractivity contribution in [3.63, 3.8) is 0 Å². The van der Waals surface area contributed by atoms with Gasteiger partial charge in [-0.2, -0.15) is 0 Å². The highest BCUT2D eigenvalue weighted by Gasteiger charge is 2.07. The van der Waals surface area contributed by atoms with E-state index < -0.39 is 0 Å². The highest BCUT2D eigenvalue weighted by atomic mass is 16.5. The monoisotopic (exact) mass is 430 g/mol. The Labute approximate surface area is 186 Å². The van der Waals surface area contributed by atoms with E-state index in [4.69, 9.17) is 18.9 Å². The van der Waals surface area contributed by atoms with Gasteiger partial charge in [0.25, 0.3) is 0 Å². The van der Waals surface area contributed by atoms with Gasteiger partial charge in [0.15, 0.2) is 0 Å². The van der Waals surface area contributed by atoms with Gasteiger partial charge in [0.1, 0.15) is 0 Å². The third kappa shape index (κ3) is 17.4. The van der Waals surface area contributed by atoms with Crippen LogP contribution in [0.15, 0.2) is 0 Å². The van der Waals surface area contributed by atoms with Crippen LogP contribution in [0.2, 0.25) is 0 Å². The SMILES string of the molecule is CCCCCCN1CCOCCOCCN(CCCCCC)CCOCCOCC1. The van der Waals surface area contributed by atoms with Gasteiger partial charge in [0.05, 0.1) is 52.9 Å². The fourth-order valence-electron chi connectivity index (χ4n) is 3.61. The molecule has 180 valence electrons. The second-order valence-electron chi connectivity index (χ2n) is 8.25. The molecule has 0 saturated carbocycles. The van der Waals surface area contributed by atoms with Crippen molar-refractivity contribution >= 4 is 0 Å². The molecule has 1 aliphatic rings. The number of hydrogen-bond acceptors (Lipinski definition) is 6. The minimum absolute atomic E-state index is 0.680. The second kappa shape index (κ2) is 22.0. The number of ether oxygens (including phenoxy) is 4. The van der Waals surface area contributed by atoms with Gasteiger partial charge in [0, 0.05) is 26.2 Å². The summed E-state index contributed by atoms with van der Waals surface area (Å²) in [6.07, 6.45) is 10.4. The third-order valence-corrected chi connectivity index (χ3v) is 5.61. The smallest absolute Gasteiger partial charge is 0.0701 e. The molecule has 0 spiro atoms. The quantitative estimate of drug-likeness (QED) is 0.491. The molecule has 1 fully saturated rings. The highest BCUT2D eigenvalue weighted by molar-refractivity contribution is 4.60. The summed E-state index contributed by atoms with van der Waals surface area (Å²) in [5.41, 5.74) is 0. The molecule has 30 heavy (non-hydrogen) atoms. The molecular formula is C24H50N2O4. The maximum absolute atomic E-state index is 5.81. The van der Waals surface area contributed by atoms with Crippen molar-refractivity contribution in [2.24, 2.45) is 0 Å². The van der Waals surface area contributed by atoms with E-state index >= 15 is 0 Å². The summed E-state index contributed by atoms with van der Waals surface area (Å²) in [6, 6.07) is 0. The van der Waals surface area contributed by atoms with Crippen molar-refractivity contribution in [1.29, 1.82) is 0 Å². The van der Waals surface area contributed by atoms with Gasteiger partial charge in [-0.3, -0.25) is 9.80 Å². The van der Waals surface area contributed by atoms with Crippen molar-refractivity contribution in [2.75, 3.05) is 92.1 Å². The molecule has 0 radical (unpaired) electrons. The Morgan fingerprint density at radius 3 is 1.07 bits per heavy atom. The van der Waals surface area contributed by atoms with E-state index in [1.54, 1.807) is 0 Å². The molecular weight excluding hydrogens is 380 g/mol. The molecule has 6 nitrogen and oxygen atoms in total. The minimum Gasteiger partial charge on any atom is -0.378 e. The van der Waals surface area contributed by atoms with Crippen molar-refractivity contribution in [3.05, 3.63) is 0 Å². The molecule has 1 heterocycles. The first-order valence-electron chi connectivity index (χ1n) is 12.6. The van der Waals surface area contributed by atoms with Crippen LogP contribution in [0, 0.1) is 0 Å². The average molecular weight is 431 g/mol. The highest BCUT2D eigenvalue weighted by Crippen LogP contribution is 2.03. The summed E-state index contributed by atoms with van der Waals surface area (Å²) in [4.78, 5) is 4.94. The van der Waals surface area contributed by atoms with E-state index in [-0.39, 0.29) is 0 Å². The first-order valence-corrected chi connectivity index (χ1v) is 12.6. The second-order valence-corrected chi connectivity index (χ2v) is 8.25. The molecule has 6 heteroatoms. The van der Waals surface area contributed by atoms with E-state index in [1.165, 1.54) is 51.4 Å². The summed E-state index contributed by atoms with van der Waals surface area (Å²) >= 11 is 0. The van der Waals surface area contributed by atoms with Crippen molar-refractivity contribution in [1.82, 2.24) is 9.80 Å². The molecule has 1 rings (SSSR count). The molecule has 0 aromatic heterocycles. The Balaban J connectivity index is 2.30. The lowest BCUT2D eigenvalue weighted by Gasteiger charge is -2.23. The zero-order valence-corrected chi connectivity index (χ0v) is 20.1. The van der Waals surface area contributed by atoms with Gasteiger partial charge in [-0.05, 0) is 25.9 Å². The summed E-state index contributed by atoms with van der Waals surface area (Å²) in [6.45, 7) is 16.5. The van der Waals surface area contributed by atoms with Crippen LogP contribution in [0.1, 0.15) is 65.2 Å². The van der Waals surface area contributed by atoms with Crippen LogP contribution >= 0.6 is 0 Å². The predicted molar refractivity (Wildman–Crippen MR) is 124 cm³/mol. The lowest BCUT2D eigenvalue weighted by Crippen LogP contribution is -2.34. The molecule has 0 aromatic rings. The van der Waals surface area contributed by atoms with Gasteiger partial charge in [-0.15, -0.1) is 0 Å². The number of hydrogen-bond donors (Lipinski definition) is 0. The predicted octanol–water partition coefficient (Wildman–Crippen LogP) is 3.83.